The standard InChI is InChI=1S/C23H25N3O2S/c1-4-26-15-18(28-20-13-9-8-12-19(20)26)14-25(3)23(27)22-21(24-16(2)29-22)17-10-6-5-7-11-17/h5-13,18H,4,14-15H2,1-3H3/t18-/m0/s1. The maximum atomic E-state index is 13.2. The molecule has 1 atom stereocenters. The predicted molar refractivity (Wildman–Crippen MR) is 118 cm³/mol. The first-order valence-corrected chi connectivity index (χ1v) is 10.7. The van der Waals surface area contributed by atoms with Gasteiger partial charge in [-0.15, -0.1) is 11.3 Å². The van der Waals surface area contributed by atoms with Crippen LogP contribution in [0.5, 0.6) is 5.75 Å². The third kappa shape index (κ3) is 3.98. The molecule has 0 N–H and O–H groups in total. The van der Waals surface area contributed by atoms with Gasteiger partial charge >= 0.3 is 0 Å². The smallest absolute Gasteiger partial charge is 0.266 e. The summed E-state index contributed by atoms with van der Waals surface area (Å²) < 4.78 is 6.19. The lowest BCUT2D eigenvalue weighted by molar-refractivity contribution is 0.0714. The number of amides is 1. The van der Waals surface area contributed by atoms with Crippen LogP contribution < -0.4 is 9.64 Å². The number of hydrogen-bond acceptors (Lipinski definition) is 5. The number of aryl methyl sites for hydroxylation is 1. The van der Waals surface area contributed by atoms with Crippen LogP contribution in [0.3, 0.4) is 0 Å². The summed E-state index contributed by atoms with van der Waals surface area (Å²) >= 11 is 1.45. The minimum absolute atomic E-state index is 0.0139. The number of aromatic nitrogens is 1. The van der Waals surface area contributed by atoms with Crippen LogP contribution in [0.1, 0.15) is 21.6 Å². The third-order valence-corrected chi connectivity index (χ3v) is 6.06. The Morgan fingerprint density at radius 3 is 2.69 bits per heavy atom. The van der Waals surface area contributed by atoms with Gasteiger partial charge in [0.25, 0.3) is 5.91 Å². The van der Waals surface area contributed by atoms with E-state index in [-0.39, 0.29) is 12.0 Å². The van der Waals surface area contributed by atoms with E-state index >= 15 is 0 Å². The van der Waals surface area contributed by atoms with Gasteiger partial charge < -0.3 is 14.5 Å². The van der Waals surface area contributed by atoms with Gasteiger partial charge in [-0.05, 0) is 26.0 Å². The monoisotopic (exact) mass is 407 g/mol. The highest BCUT2D eigenvalue weighted by Crippen LogP contribution is 2.33. The molecule has 1 aliphatic heterocycles. The predicted octanol–water partition coefficient (Wildman–Crippen LogP) is 4.48. The number of hydrogen-bond donors (Lipinski definition) is 0. The van der Waals surface area contributed by atoms with Gasteiger partial charge in [-0.2, -0.15) is 0 Å². The summed E-state index contributed by atoms with van der Waals surface area (Å²) in [5.74, 6) is 0.866. The molecule has 4 rings (SSSR count). The topological polar surface area (TPSA) is 45.7 Å². The van der Waals surface area contributed by atoms with Crippen molar-refractivity contribution in [3.63, 3.8) is 0 Å². The fourth-order valence-corrected chi connectivity index (χ4v) is 4.63. The van der Waals surface area contributed by atoms with Crippen LogP contribution in [0.4, 0.5) is 5.69 Å². The van der Waals surface area contributed by atoms with Crippen molar-refractivity contribution in [3.8, 4) is 17.0 Å². The molecule has 1 aromatic heterocycles. The number of ether oxygens (including phenoxy) is 1. The molecule has 0 spiro atoms. The Bertz CT molecular complexity index is 1000. The van der Waals surface area contributed by atoms with Crippen LogP contribution in [-0.4, -0.2) is 48.6 Å². The fraction of sp³-hybridized carbons (Fsp3) is 0.304. The Labute approximate surface area is 175 Å². The molecule has 0 bridgehead atoms. The zero-order chi connectivity index (χ0) is 20.4. The maximum absolute atomic E-state index is 13.2. The summed E-state index contributed by atoms with van der Waals surface area (Å²) in [5, 5.41) is 0.889. The van der Waals surface area contributed by atoms with Gasteiger partial charge in [0.1, 0.15) is 16.7 Å². The average molecular weight is 408 g/mol. The van der Waals surface area contributed by atoms with Crippen molar-refractivity contribution < 1.29 is 9.53 Å². The number of thiazole rings is 1. The highest BCUT2D eigenvalue weighted by atomic mass is 32.1. The van der Waals surface area contributed by atoms with E-state index in [0.717, 1.165) is 40.8 Å². The van der Waals surface area contributed by atoms with Crippen LogP contribution in [-0.2, 0) is 0 Å². The molecule has 150 valence electrons. The highest BCUT2D eigenvalue weighted by Gasteiger charge is 2.28. The Morgan fingerprint density at radius 2 is 1.93 bits per heavy atom. The van der Waals surface area contributed by atoms with Gasteiger partial charge in [0.2, 0.25) is 0 Å². The second-order valence-corrected chi connectivity index (χ2v) is 8.41. The molecule has 0 saturated carbocycles. The van der Waals surface area contributed by atoms with E-state index in [2.05, 4.69) is 22.9 Å². The molecule has 0 aliphatic carbocycles. The minimum atomic E-state index is -0.0759. The van der Waals surface area contributed by atoms with E-state index in [4.69, 9.17) is 4.74 Å². The Morgan fingerprint density at radius 1 is 1.21 bits per heavy atom. The SMILES string of the molecule is CCN1C[C@H](CN(C)C(=O)c2sc(C)nc2-c2ccccc2)Oc2ccccc21. The van der Waals surface area contributed by atoms with Crippen molar-refractivity contribution in [1.82, 2.24) is 9.88 Å². The summed E-state index contributed by atoms with van der Waals surface area (Å²) in [6.07, 6.45) is -0.0759. The largest absolute Gasteiger partial charge is 0.485 e. The van der Waals surface area contributed by atoms with E-state index in [1.54, 1.807) is 4.90 Å². The number of rotatable bonds is 5. The molecule has 3 aromatic rings. The first kappa shape index (κ1) is 19.5. The van der Waals surface area contributed by atoms with Gasteiger partial charge in [0.05, 0.1) is 29.5 Å². The lowest BCUT2D eigenvalue weighted by Gasteiger charge is -2.37. The molecule has 1 amide bonds. The second-order valence-electron chi connectivity index (χ2n) is 7.21. The number of likely N-dealkylation sites (N-methyl/N-ethyl adjacent to an activating group) is 2. The zero-order valence-corrected chi connectivity index (χ0v) is 17.8. The van der Waals surface area contributed by atoms with Crippen molar-refractivity contribution in [3.05, 3.63) is 64.5 Å². The fourth-order valence-electron chi connectivity index (χ4n) is 3.70. The summed E-state index contributed by atoms with van der Waals surface area (Å²) in [4.78, 5) is 22.6. The van der Waals surface area contributed by atoms with E-state index in [9.17, 15) is 4.79 Å². The van der Waals surface area contributed by atoms with Crippen LogP contribution in [0.2, 0.25) is 0 Å². The van der Waals surface area contributed by atoms with Crippen molar-refractivity contribution in [1.29, 1.82) is 0 Å². The van der Waals surface area contributed by atoms with Crippen molar-refractivity contribution in [2.24, 2.45) is 0 Å². The van der Waals surface area contributed by atoms with E-state index in [1.165, 1.54) is 11.3 Å². The molecule has 0 saturated heterocycles. The van der Waals surface area contributed by atoms with Crippen molar-refractivity contribution >= 4 is 22.9 Å². The first-order valence-electron chi connectivity index (χ1n) is 9.85. The molecule has 0 unspecified atom stereocenters. The van der Waals surface area contributed by atoms with Crippen LogP contribution in [0.15, 0.2) is 54.6 Å². The van der Waals surface area contributed by atoms with Crippen LogP contribution in [0, 0.1) is 6.92 Å². The summed E-state index contributed by atoms with van der Waals surface area (Å²) in [5.41, 5.74) is 2.84. The molecule has 5 nitrogen and oxygen atoms in total. The molecule has 1 aliphatic rings. The molecule has 0 radical (unpaired) electrons. The van der Waals surface area contributed by atoms with E-state index in [1.807, 2.05) is 62.5 Å². The van der Waals surface area contributed by atoms with Gasteiger partial charge in [0.15, 0.2) is 0 Å². The normalized spacial score (nSPS) is 15.6. The summed E-state index contributed by atoms with van der Waals surface area (Å²) in [6.45, 7) is 6.27. The average Bonchev–Trinajstić information content (AvgIpc) is 3.14. The Balaban J connectivity index is 1.53. The molecule has 29 heavy (non-hydrogen) atoms. The van der Waals surface area contributed by atoms with Gasteiger partial charge in [0, 0.05) is 19.2 Å². The van der Waals surface area contributed by atoms with E-state index in [0.29, 0.717) is 11.4 Å². The van der Waals surface area contributed by atoms with Crippen LogP contribution >= 0.6 is 11.3 Å². The molecular formula is C23H25N3O2S. The minimum Gasteiger partial charge on any atom is -0.485 e. The zero-order valence-electron chi connectivity index (χ0n) is 17.0. The van der Waals surface area contributed by atoms with Gasteiger partial charge in [-0.3, -0.25) is 4.79 Å². The Kier molecular flexibility index (Phi) is 5.53. The number of benzene rings is 2. The summed E-state index contributed by atoms with van der Waals surface area (Å²) in [7, 11) is 1.84. The number of fused-ring (bicyclic) bond motifs is 1. The third-order valence-electron chi connectivity index (χ3n) is 5.11. The molecular weight excluding hydrogens is 382 g/mol. The van der Waals surface area contributed by atoms with Gasteiger partial charge in [-0.25, -0.2) is 4.98 Å². The number of carbonyl (C=O) groups is 1. The quantitative estimate of drug-likeness (QED) is 0.626. The van der Waals surface area contributed by atoms with Crippen LogP contribution in [0.25, 0.3) is 11.3 Å². The number of para-hydroxylation sites is 2. The summed E-state index contributed by atoms with van der Waals surface area (Å²) in [6, 6.07) is 18.0. The highest BCUT2D eigenvalue weighted by molar-refractivity contribution is 7.14. The van der Waals surface area contributed by atoms with Crippen molar-refractivity contribution in [2.45, 2.75) is 20.0 Å². The first-order chi connectivity index (χ1) is 14.1. The second kappa shape index (κ2) is 8.25. The molecule has 0 fully saturated rings. The molecule has 6 heteroatoms. The van der Waals surface area contributed by atoms with Crippen molar-refractivity contribution in [2.75, 3.05) is 31.6 Å². The maximum Gasteiger partial charge on any atom is 0.266 e. The lowest BCUT2D eigenvalue weighted by atomic mass is 10.1. The molecule has 2 aromatic carbocycles. The number of nitrogens with zero attached hydrogens (tertiary/aromatic N) is 3. The lowest BCUT2D eigenvalue weighted by Crippen LogP contribution is -2.46. The Hall–Kier alpha value is -2.86. The number of carbonyl (C=O) groups excluding carboxylic acids is 1. The van der Waals surface area contributed by atoms with E-state index < -0.39 is 0 Å². The van der Waals surface area contributed by atoms with Gasteiger partial charge in [-0.1, -0.05) is 42.5 Å². The molecule has 2 heterocycles. The number of anilines is 1.